The van der Waals surface area contributed by atoms with Crippen LogP contribution in [0.1, 0.15) is 74.2 Å². The second-order valence-electron chi connectivity index (χ2n) is 10.1. The highest BCUT2D eigenvalue weighted by Gasteiger charge is 2.52. The summed E-state index contributed by atoms with van der Waals surface area (Å²) in [5, 5.41) is 24.4. The molecule has 1 aliphatic carbocycles. The molecule has 10 heteroatoms. The number of carbonyl (C=O) groups is 2. The summed E-state index contributed by atoms with van der Waals surface area (Å²) < 4.78 is 22.7. The standard InChI is InChI=1S/C30H42N2O8/c1-7-39-24-17-30(18-24,28(34)35)31-29(36)32(13-14-40-21(4)22-11-9-8-10-12-22)19(2)23-15-25(37-5)27(20(3)33)26(16-23)38-6/h8-12,15-16,19,21,24,29,31,36H,7,13-14,17-18H2,1-6H3,(H,34,35)/t19-,21+,24-,29?,30-/m1/s1. The SMILES string of the molecule is CCO[C@H]1C[C@@](NC(O)N(CCO[C@@H](C)c2ccccc2)[C@H](C)c2cc(OC)c(C(C)=O)c(OC)c2)(C(=O)O)C1. The highest BCUT2D eigenvalue weighted by molar-refractivity contribution is 5.99. The Morgan fingerprint density at radius 3 is 2.17 bits per heavy atom. The van der Waals surface area contributed by atoms with Crippen molar-refractivity contribution in [3.05, 3.63) is 59.2 Å². The first-order valence-electron chi connectivity index (χ1n) is 13.6. The maximum Gasteiger partial charge on any atom is 0.324 e. The summed E-state index contributed by atoms with van der Waals surface area (Å²) >= 11 is 0. The van der Waals surface area contributed by atoms with Crippen LogP contribution in [0.4, 0.5) is 0 Å². The average Bonchev–Trinajstić information content (AvgIpc) is 2.92. The first kappa shape index (κ1) is 31.5. The Morgan fingerprint density at radius 2 is 1.68 bits per heavy atom. The molecule has 1 fully saturated rings. The van der Waals surface area contributed by atoms with Gasteiger partial charge in [0.05, 0.1) is 33.0 Å². The monoisotopic (exact) mass is 558 g/mol. The summed E-state index contributed by atoms with van der Waals surface area (Å²) in [5.41, 5.74) is 0.744. The molecule has 0 aromatic heterocycles. The number of Topliss-reactive ketones (excluding diaryl/α,β-unsaturated/α-hetero) is 1. The minimum Gasteiger partial charge on any atom is -0.496 e. The second-order valence-corrected chi connectivity index (χ2v) is 10.1. The van der Waals surface area contributed by atoms with Gasteiger partial charge >= 0.3 is 5.97 Å². The summed E-state index contributed by atoms with van der Waals surface area (Å²) in [6.45, 7) is 8.16. The van der Waals surface area contributed by atoms with Crippen LogP contribution in [0.5, 0.6) is 11.5 Å². The van der Waals surface area contributed by atoms with Crippen molar-refractivity contribution in [3.63, 3.8) is 0 Å². The van der Waals surface area contributed by atoms with Crippen molar-refractivity contribution in [1.29, 1.82) is 0 Å². The van der Waals surface area contributed by atoms with Crippen LogP contribution in [0.15, 0.2) is 42.5 Å². The number of nitrogens with one attached hydrogen (secondary N) is 1. The molecule has 3 rings (SSSR count). The molecule has 1 unspecified atom stereocenters. The predicted molar refractivity (Wildman–Crippen MR) is 150 cm³/mol. The van der Waals surface area contributed by atoms with Gasteiger partial charge < -0.3 is 29.2 Å². The van der Waals surface area contributed by atoms with Gasteiger partial charge in [-0.3, -0.25) is 19.8 Å². The van der Waals surface area contributed by atoms with E-state index in [0.29, 0.717) is 29.2 Å². The van der Waals surface area contributed by atoms with Crippen molar-refractivity contribution in [2.24, 2.45) is 0 Å². The summed E-state index contributed by atoms with van der Waals surface area (Å²) in [4.78, 5) is 26.2. The molecule has 2 aromatic rings. The smallest absolute Gasteiger partial charge is 0.324 e. The summed E-state index contributed by atoms with van der Waals surface area (Å²) in [6.07, 6.45) is -1.21. The van der Waals surface area contributed by atoms with E-state index in [1.807, 2.05) is 51.1 Å². The van der Waals surface area contributed by atoms with Crippen LogP contribution in [0.25, 0.3) is 0 Å². The predicted octanol–water partition coefficient (Wildman–Crippen LogP) is 3.94. The van der Waals surface area contributed by atoms with Gasteiger partial charge in [-0.2, -0.15) is 0 Å². The van der Waals surface area contributed by atoms with Gasteiger partial charge in [-0.1, -0.05) is 30.3 Å². The number of aliphatic hydroxyl groups is 1. The third-order valence-corrected chi connectivity index (χ3v) is 7.53. The molecule has 0 radical (unpaired) electrons. The highest BCUT2D eigenvalue weighted by Crippen LogP contribution is 2.38. The van der Waals surface area contributed by atoms with Crippen LogP contribution in [-0.2, 0) is 14.3 Å². The highest BCUT2D eigenvalue weighted by atomic mass is 16.5. The quantitative estimate of drug-likeness (QED) is 0.206. The normalized spacial score (nSPS) is 20.9. The van der Waals surface area contributed by atoms with Crippen LogP contribution in [-0.4, -0.2) is 78.8 Å². The zero-order valence-corrected chi connectivity index (χ0v) is 24.2. The van der Waals surface area contributed by atoms with Gasteiger partial charge in [-0.25, -0.2) is 0 Å². The van der Waals surface area contributed by atoms with Gasteiger partial charge in [0, 0.05) is 32.0 Å². The number of hydrogen-bond acceptors (Lipinski definition) is 9. The maximum absolute atomic E-state index is 12.3. The zero-order chi connectivity index (χ0) is 29.4. The van der Waals surface area contributed by atoms with E-state index < -0.39 is 23.9 Å². The van der Waals surface area contributed by atoms with Crippen molar-refractivity contribution < 1.29 is 38.7 Å². The fraction of sp³-hybridized carbons (Fsp3) is 0.533. The van der Waals surface area contributed by atoms with Crippen LogP contribution in [0.2, 0.25) is 0 Å². The van der Waals surface area contributed by atoms with Crippen molar-refractivity contribution in [2.45, 2.75) is 70.7 Å². The van der Waals surface area contributed by atoms with E-state index in [4.69, 9.17) is 18.9 Å². The number of aliphatic carboxylic acids is 1. The van der Waals surface area contributed by atoms with Gasteiger partial charge in [0.25, 0.3) is 0 Å². The number of nitrogens with zero attached hydrogens (tertiary/aromatic N) is 1. The van der Waals surface area contributed by atoms with Gasteiger partial charge in [-0.05, 0) is 51.0 Å². The van der Waals surface area contributed by atoms with E-state index in [1.54, 1.807) is 17.0 Å². The van der Waals surface area contributed by atoms with Crippen molar-refractivity contribution in [1.82, 2.24) is 10.2 Å². The van der Waals surface area contributed by atoms with Gasteiger partial charge in [0.2, 0.25) is 0 Å². The molecule has 3 N–H and O–H groups in total. The molecule has 1 saturated carbocycles. The van der Waals surface area contributed by atoms with E-state index in [-0.39, 0.29) is 44.0 Å². The largest absolute Gasteiger partial charge is 0.496 e. The van der Waals surface area contributed by atoms with Crippen LogP contribution >= 0.6 is 0 Å². The molecule has 220 valence electrons. The number of carboxylic acid groups (broad SMARTS) is 1. The molecule has 3 atom stereocenters. The fourth-order valence-corrected chi connectivity index (χ4v) is 5.15. The lowest BCUT2D eigenvalue weighted by atomic mass is 9.74. The number of ketones is 1. The molecule has 40 heavy (non-hydrogen) atoms. The number of hydrogen-bond donors (Lipinski definition) is 3. The summed E-state index contributed by atoms with van der Waals surface area (Å²) in [6, 6.07) is 12.8. The van der Waals surface area contributed by atoms with E-state index in [1.165, 1.54) is 21.1 Å². The lowest BCUT2D eigenvalue weighted by Crippen LogP contribution is -2.68. The number of carboxylic acids is 1. The molecule has 0 heterocycles. The topological polar surface area (TPSA) is 127 Å². The Labute approximate surface area is 236 Å². The zero-order valence-electron chi connectivity index (χ0n) is 24.2. The Bertz CT molecular complexity index is 1110. The fourth-order valence-electron chi connectivity index (χ4n) is 5.15. The van der Waals surface area contributed by atoms with E-state index >= 15 is 0 Å². The first-order chi connectivity index (χ1) is 19.1. The van der Waals surface area contributed by atoms with Crippen LogP contribution in [0, 0.1) is 0 Å². The van der Waals surface area contributed by atoms with Crippen molar-refractivity contribution >= 4 is 11.8 Å². The second kappa shape index (κ2) is 14.0. The van der Waals surface area contributed by atoms with Crippen LogP contribution in [0.3, 0.4) is 0 Å². The molecule has 0 aliphatic heterocycles. The summed E-state index contributed by atoms with van der Waals surface area (Å²) in [7, 11) is 2.95. The van der Waals surface area contributed by atoms with Crippen LogP contribution < -0.4 is 14.8 Å². The molecule has 0 amide bonds. The average molecular weight is 559 g/mol. The third-order valence-electron chi connectivity index (χ3n) is 7.53. The molecule has 0 spiro atoms. The number of rotatable bonds is 16. The maximum atomic E-state index is 12.3. The van der Waals surface area contributed by atoms with Crippen molar-refractivity contribution in [2.75, 3.05) is 34.0 Å². The Balaban J connectivity index is 1.87. The molecule has 10 nitrogen and oxygen atoms in total. The molecule has 2 aromatic carbocycles. The lowest BCUT2D eigenvalue weighted by Gasteiger charge is -2.47. The summed E-state index contributed by atoms with van der Waals surface area (Å²) in [5.74, 6) is -0.540. The molecule has 1 aliphatic rings. The van der Waals surface area contributed by atoms with E-state index in [9.17, 15) is 19.8 Å². The molecular formula is C30H42N2O8. The first-order valence-corrected chi connectivity index (χ1v) is 13.6. The number of carbonyl (C=O) groups excluding carboxylic acids is 1. The van der Waals surface area contributed by atoms with Crippen molar-refractivity contribution in [3.8, 4) is 11.5 Å². The minimum absolute atomic E-state index is 0.178. The molecular weight excluding hydrogens is 516 g/mol. The Kier molecular flexibility index (Phi) is 11.1. The molecule has 0 saturated heterocycles. The van der Waals surface area contributed by atoms with Gasteiger partial charge in [-0.15, -0.1) is 0 Å². The van der Waals surface area contributed by atoms with E-state index in [2.05, 4.69) is 5.32 Å². The third kappa shape index (κ3) is 7.18. The number of ether oxygens (including phenoxy) is 4. The Morgan fingerprint density at radius 1 is 1.07 bits per heavy atom. The number of methoxy groups -OCH3 is 2. The molecule has 0 bridgehead atoms. The van der Waals surface area contributed by atoms with Gasteiger partial charge in [0.1, 0.15) is 22.6 Å². The number of aliphatic hydroxyl groups excluding tert-OH is 1. The minimum atomic E-state index is -1.33. The lowest BCUT2D eigenvalue weighted by molar-refractivity contribution is -0.169. The van der Waals surface area contributed by atoms with E-state index in [0.717, 1.165) is 5.56 Å². The Hall–Kier alpha value is -3.02. The van der Waals surface area contributed by atoms with Gasteiger partial charge in [0.15, 0.2) is 12.1 Å². The number of benzene rings is 2.